The molecule has 0 amide bonds. The van der Waals surface area contributed by atoms with Crippen molar-refractivity contribution in [2.24, 2.45) is 5.92 Å². The lowest BCUT2D eigenvalue weighted by molar-refractivity contribution is 0.0923. The van der Waals surface area contributed by atoms with Crippen LogP contribution in [-0.4, -0.2) is 34.1 Å². The molecule has 0 aromatic heterocycles. The standard InChI is InChI=1S/C12H22O3/c1-5-9(13)8(3)11-10(15-11)7-12(4,14)6-2/h6,8-11,13-14H,2,5,7H2,1,3-4H3/t8-,9+,10-,11-,12+/m1/s1/i2D. The first-order valence-electron chi connectivity index (χ1n) is 6.11. The largest absolute Gasteiger partial charge is 0.393 e. The third-order valence-electron chi connectivity index (χ3n) is 3.14. The van der Waals surface area contributed by atoms with Crippen molar-refractivity contribution in [2.45, 2.75) is 57.5 Å². The SMILES string of the molecule is [2H]C=C[C@](C)(O)C[C@H]1O[C@@H]1[C@H](C)[C@@H](O)CC. The number of ether oxygens (including phenoxy) is 1. The van der Waals surface area contributed by atoms with E-state index < -0.39 is 5.60 Å². The molecule has 0 radical (unpaired) electrons. The van der Waals surface area contributed by atoms with Crippen LogP contribution in [0.4, 0.5) is 0 Å². The first-order chi connectivity index (χ1) is 7.41. The van der Waals surface area contributed by atoms with Crippen LogP contribution in [0.15, 0.2) is 12.6 Å². The monoisotopic (exact) mass is 215 g/mol. The van der Waals surface area contributed by atoms with E-state index in [0.717, 1.165) is 13.0 Å². The second kappa shape index (κ2) is 4.64. The van der Waals surface area contributed by atoms with Gasteiger partial charge in [0.15, 0.2) is 0 Å². The van der Waals surface area contributed by atoms with Gasteiger partial charge in [-0.15, -0.1) is 6.55 Å². The highest BCUT2D eigenvalue weighted by Gasteiger charge is 2.47. The number of hydrogen-bond acceptors (Lipinski definition) is 3. The van der Waals surface area contributed by atoms with Crippen molar-refractivity contribution in [1.82, 2.24) is 0 Å². The van der Waals surface area contributed by atoms with E-state index in [-0.39, 0.29) is 24.2 Å². The minimum atomic E-state index is -0.988. The summed E-state index contributed by atoms with van der Waals surface area (Å²) in [6.45, 7) is 6.67. The molecule has 1 rings (SSSR count). The second-order valence-electron chi connectivity index (χ2n) is 4.70. The Morgan fingerprint density at radius 3 is 2.93 bits per heavy atom. The van der Waals surface area contributed by atoms with Crippen LogP contribution in [0.25, 0.3) is 0 Å². The van der Waals surface area contributed by atoms with Gasteiger partial charge in [-0.3, -0.25) is 0 Å². The maximum absolute atomic E-state index is 9.87. The Morgan fingerprint density at radius 2 is 2.40 bits per heavy atom. The molecular weight excluding hydrogens is 192 g/mol. The van der Waals surface area contributed by atoms with Gasteiger partial charge in [0.25, 0.3) is 0 Å². The summed E-state index contributed by atoms with van der Waals surface area (Å²) < 4.78 is 12.4. The first kappa shape index (κ1) is 11.1. The Morgan fingerprint density at radius 1 is 1.73 bits per heavy atom. The molecule has 1 saturated heterocycles. The molecule has 3 nitrogen and oxygen atoms in total. The number of hydrogen-bond donors (Lipinski definition) is 2. The smallest absolute Gasteiger partial charge is 0.0893 e. The Hall–Kier alpha value is -0.380. The van der Waals surface area contributed by atoms with Gasteiger partial charge in [0.05, 0.1) is 25.3 Å². The highest BCUT2D eigenvalue weighted by atomic mass is 16.6. The Bertz CT molecular complexity index is 253. The predicted octanol–water partition coefficient (Wildman–Crippen LogP) is 1.49. The van der Waals surface area contributed by atoms with Crippen molar-refractivity contribution in [3.8, 4) is 0 Å². The lowest BCUT2D eigenvalue weighted by atomic mass is 9.92. The van der Waals surface area contributed by atoms with Gasteiger partial charge in [-0.1, -0.05) is 19.9 Å². The number of aliphatic hydroxyl groups is 2. The van der Waals surface area contributed by atoms with Crippen molar-refractivity contribution in [2.75, 3.05) is 0 Å². The summed E-state index contributed by atoms with van der Waals surface area (Å²) in [6.07, 6.45) is 2.35. The van der Waals surface area contributed by atoms with Gasteiger partial charge < -0.3 is 14.9 Å². The van der Waals surface area contributed by atoms with Crippen molar-refractivity contribution in [3.63, 3.8) is 0 Å². The van der Waals surface area contributed by atoms with Crippen LogP contribution < -0.4 is 0 Å². The van der Waals surface area contributed by atoms with Gasteiger partial charge in [0.1, 0.15) is 0 Å². The van der Waals surface area contributed by atoms with E-state index >= 15 is 0 Å². The molecule has 2 N–H and O–H groups in total. The van der Waals surface area contributed by atoms with E-state index in [0.29, 0.717) is 6.42 Å². The molecule has 0 aromatic rings. The normalized spacial score (nSPS) is 34.6. The molecule has 0 aromatic carbocycles. The van der Waals surface area contributed by atoms with E-state index in [9.17, 15) is 10.2 Å². The lowest BCUT2D eigenvalue weighted by Gasteiger charge is -2.18. The molecule has 0 bridgehead atoms. The molecule has 1 aliphatic rings. The van der Waals surface area contributed by atoms with Gasteiger partial charge in [-0.2, -0.15) is 0 Å². The molecule has 88 valence electrons. The Labute approximate surface area is 93.2 Å². The van der Waals surface area contributed by atoms with Crippen LogP contribution in [0.5, 0.6) is 0 Å². The first-order valence-corrected chi connectivity index (χ1v) is 5.53. The van der Waals surface area contributed by atoms with E-state index in [1.54, 1.807) is 6.92 Å². The summed E-state index contributed by atoms with van der Waals surface area (Å²) >= 11 is 0. The zero-order chi connectivity index (χ0) is 12.3. The van der Waals surface area contributed by atoms with E-state index in [1.807, 2.05) is 13.8 Å². The predicted molar refractivity (Wildman–Crippen MR) is 59.6 cm³/mol. The van der Waals surface area contributed by atoms with Gasteiger partial charge >= 0.3 is 0 Å². The molecule has 1 heterocycles. The summed E-state index contributed by atoms with van der Waals surface area (Å²) in [5.41, 5.74) is -0.988. The molecule has 15 heavy (non-hydrogen) atoms. The number of rotatable bonds is 6. The van der Waals surface area contributed by atoms with E-state index in [2.05, 4.69) is 0 Å². The second-order valence-corrected chi connectivity index (χ2v) is 4.70. The van der Waals surface area contributed by atoms with Crippen LogP contribution in [0, 0.1) is 5.92 Å². The molecule has 0 spiro atoms. The maximum Gasteiger partial charge on any atom is 0.0893 e. The van der Waals surface area contributed by atoms with E-state index in [4.69, 9.17) is 6.11 Å². The van der Waals surface area contributed by atoms with Crippen LogP contribution in [0.2, 0.25) is 0 Å². The van der Waals surface area contributed by atoms with Crippen molar-refractivity contribution < 1.29 is 16.3 Å². The zero-order valence-electron chi connectivity index (χ0n) is 10.7. The highest BCUT2D eigenvalue weighted by Crippen LogP contribution is 2.37. The van der Waals surface area contributed by atoms with Gasteiger partial charge in [0, 0.05) is 12.3 Å². The molecule has 0 aliphatic carbocycles. The summed E-state index contributed by atoms with van der Waals surface area (Å²) in [4.78, 5) is 0. The van der Waals surface area contributed by atoms with Crippen LogP contribution in [0.1, 0.15) is 35.0 Å². The molecule has 0 unspecified atom stereocenters. The fraction of sp³-hybridized carbons (Fsp3) is 0.833. The third-order valence-corrected chi connectivity index (χ3v) is 3.14. The fourth-order valence-corrected chi connectivity index (χ4v) is 1.85. The lowest BCUT2D eigenvalue weighted by Crippen LogP contribution is -2.27. The van der Waals surface area contributed by atoms with Crippen LogP contribution in [-0.2, 0) is 4.74 Å². The summed E-state index contributed by atoms with van der Waals surface area (Å²) in [7, 11) is 0. The van der Waals surface area contributed by atoms with Crippen molar-refractivity contribution >= 4 is 0 Å². The van der Waals surface area contributed by atoms with Gasteiger partial charge in [-0.05, 0) is 13.3 Å². The maximum atomic E-state index is 9.87. The molecular formula is C12H22O3. The molecule has 5 atom stereocenters. The van der Waals surface area contributed by atoms with E-state index in [1.165, 1.54) is 6.08 Å². The molecule has 1 fully saturated rings. The molecule has 3 heteroatoms. The quantitative estimate of drug-likeness (QED) is 0.521. The highest BCUT2D eigenvalue weighted by molar-refractivity contribution is 5.01. The Kier molecular flexibility index (Phi) is 3.44. The molecule has 1 aliphatic heterocycles. The average Bonchev–Trinajstić information content (AvgIpc) is 2.93. The topological polar surface area (TPSA) is 53.0 Å². The van der Waals surface area contributed by atoms with Gasteiger partial charge in [0.2, 0.25) is 0 Å². The number of aliphatic hydroxyl groups excluding tert-OH is 1. The van der Waals surface area contributed by atoms with Crippen LogP contribution >= 0.6 is 0 Å². The summed E-state index contributed by atoms with van der Waals surface area (Å²) in [5.74, 6) is 0.103. The summed E-state index contributed by atoms with van der Waals surface area (Å²) in [5, 5.41) is 19.5. The van der Waals surface area contributed by atoms with Crippen LogP contribution in [0.3, 0.4) is 0 Å². The Balaban J connectivity index is 2.40. The van der Waals surface area contributed by atoms with Crippen molar-refractivity contribution in [1.29, 1.82) is 0 Å². The zero-order valence-corrected chi connectivity index (χ0v) is 9.68. The third kappa shape index (κ3) is 3.30. The average molecular weight is 215 g/mol. The minimum Gasteiger partial charge on any atom is -0.393 e. The number of epoxide rings is 1. The van der Waals surface area contributed by atoms with Gasteiger partial charge in [-0.25, -0.2) is 0 Å². The van der Waals surface area contributed by atoms with Crippen molar-refractivity contribution in [3.05, 3.63) is 12.6 Å². The minimum absolute atomic E-state index is 0.00222. The fourth-order valence-electron chi connectivity index (χ4n) is 1.85. The summed E-state index contributed by atoms with van der Waals surface area (Å²) in [6, 6.07) is 0. The molecule has 0 saturated carbocycles.